The van der Waals surface area contributed by atoms with Gasteiger partial charge in [-0.2, -0.15) is 0 Å². The second-order valence-corrected chi connectivity index (χ2v) is 24.9. The Morgan fingerprint density at radius 2 is 0.935 bits per heavy atom. The van der Waals surface area contributed by atoms with Crippen LogP contribution >= 0.6 is 39.2 Å². The SMILES string of the molecule is CC1CC2C(B3Oc4ccccc4O3)CCCC2C1[Si](Cl)(Cl)C1C(C)CC2C(B3Oc4ccccc4O3)CCCC21.[CH3-].[CH3-].[Cl][Zr+2][Cl]. The fourth-order valence-corrected chi connectivity index (χ4v) is 19.4. The van der Waals surface area contributed by atoms with Crippen molar-refractivity contribution in [3.8, 4) is 23.0 Å². The van der Waals surface area contributed by atoms with Gasteiger partial charge in [0.25, 0.3) is 6.69 Å². The molecule has 0 N–H and O–H groups in total. The molecular weight excluding hydrogens is 755 g/mol. The summed E-state index contributed by atoms with van der Waals surface area (Å²) in [5.74, 6) is 7.70. The molecule has 2 heterocycles. The van der Waals surface area contributed by atoms with Crippen molar-refractivity contribution < 1.29 is 39.5 Å². The number of hydrogen-bond donors (Lipinski definition) is 0. The van der Waals surface area contributed by atoms with Crippen molar-refractivity contribution in [1.82, 2.24) is 0 Å². The first-order valence-electron chi connectivity index (χ1n) is 16.5. The van der Waals surface area contributed by atoms with Gasteiger partial charge in [0.05, 0.1) is 0 Å². The van der Waals surface area contributed by atoms with Crippen LogP contribution in [0, 0.1) is 50.4 Å². The normalized spacial score (nSPS) is 35.1. The summed E-state index contributed by atoms with van der Waals surface area (Å²) >= 11 is 15.0. The van der Waals surface area contributed by atoms with E-state index in [0.717, 1.165) is 35.8 Å². The van der Waals surface area contributed by atoms with Crippen LogP contribution in [-0.4, -0.2) is 20.9 Å². The van der Waals surface area contributed by atoms with Crippen LogP contribution in [0.2, 0.25) is 22.7 Å². The molecule has 0 radical (unpaired) electrons. The van der Waals surface area contributed by atoms with Gasteiger partial charge in [-0.05, 0) is 96.5 Å². The number of para-hydroxylation sites is 4. The van der Waals surface area contributed by atoms with Gasteiger partial charge in [-0.25, -0.2) is 0 Å². The van der Waals surface area contributed by atoms with Gasteiger partial charge in [0.1, 0.15) is 23.0 Å². The Hall–Kier alpha value is 0.0299. The third-order valence-corrected chi connectivity index (χ3v) is 18.8. The van der Waals surface area contributed by atoms with Crippen LogP contribution in [0.1, 0.15) is 65.2 Å². The van der Waals surface area contributed by atoms with E-state index in [4.69, 9.17) is 57.8 Å². The number of halogens is 4. The molecule has 0 saturated heterocycles. The topological polar surface area (TPSA) is 36.9 Å². The van der Waals surface area contributed by atoms with E-state index >= 15 is 0 Å². The Bertz CT molecular complexity index is 1190. The summed E-state index contributed by atoms with van der Waals surface area (Å²) in [6.07, 6.45) is 9.59. The van der Waals surface area contributed by atoms with E-state index in [9.17, 15) is 0 Å². The van der Waals surface area contributed by atoms with E-state index in [1.165, 1.54) is 38.5 Å². The van der Waals surface area contributed by atoms with Crippen LogP contribution in [0.15, 0.2) is 48.5 Å². The van der Waals surface area contributed by atoms with Crippen molar-refractivity contribution >= 4 is 60.1 Å². The first-order chi connectivity index (χ1) is 21.3. The summed E-state index contributed by atoms with van der Waals surface area (Å²) in [5.41, 5.74) is 0.856. The standard InChI is InChI=1S/C32H40B2Cl2O4Si.2CH3.2ClH.Zr/c1-19-17-23-21(9-7-11-25(23)33-37-27-13-3-4-14-28(27)38-33)31(19)41(35,36)32-20(2)18-24-22(32)10-8-12-26(24)34-39-29-15-5-6-16-30(29)40-34;;;;;/h3-6,13-16,19-26,31-32H,7-12,17-18H2,1-2H3;2*1H3;2*1H;/q;2*-1;;;+4/p-2. The Balaban J connectivity index is 0.000000804. The van der Waals surface area contributed by atoms with E-state index in [0.29, 0.717) is 58.2 Å². The van der Waals surface area contributed by atoms with Gasteiger partial charge in [0.15, 0.2) is 0 Å². The maximum absolute atomic E-state index is 7.92. The predicted octanol–water partition coefficient (Wildman–Crippen LogP) is 11.5. The van der Waals surface area contributed by atoms with Crippen LogP contribution in [0.3, 0.4) is 0 Å². The summed E-state index contributed by atoms with van der Waals surface area (Å²) in [7, 11) is 9.50. The second-order valence-electron chi connectivity index (χ2n) is 14.2. The fourth-order valence-electron chi connectivity index (χ4n) is 10.7. The number of rotatable bonds is 4. The molecule has 12 heteroatoms. The number of fused-ring (bicyclic) bond motifs is 4. The van der Waals surface area contributed by atoms with E-state index < -0.39 is 27.5 Å². The van der Waals surface area contributed by atoms with Crippen molar-refractivity contribution in [2.45, 2.75) is 87.9 Å². The molecule has 2 aromatic carbocycles. The molecule has 10 atom stereocenters. The average molecular weight is 801 g/mol. The zero-order valence-electron chi connectivity index (χ0n) is 27.3. The quantitative estimate of drug-likeness (QED) is 0.175. The second kappa shape index (κ2) is 15.5. The Morgan fingerprint density at radius 1 is 0.609 bits per heavy atom. The molecule has 6 aliphatic rings. The molecule has 10 unspecified atom stereocenters. The molecule has 0 spiro atoms. The van der Waals surface area contributed by atoms with E-state index in [1.54, 1.807) is 0 Å². The summed E-state index contributed by atoms with van der Waals surface area (Å²) in [6, 6.07) is 16.2. The molecule has 2 aliphatic heterocycles. The molecule has 2 aromatic rings. The Morgan fingerprint density at radius 3 is 1.26 bits per heavy atom. The summed E-state index contributed by atoms with van der Waals surface area (Å²) in [6.45, 7) is 2.22. The molecule has 8 rings (SSSR count). The van der Waals surface area contributed by atoms with E-state index in [1.807, 2.05) is 48.5 Å². The molecule has 4 fully saturated rings. The number of hydrogen-bond acceptors (Lipinski definition) is 4. The minimum atomic E-state index is -2.66. The van der Waals surface area contributed by atoms with Gasteiger partial charge in [0, 0.05) is 11.6 Å². The van der Waals surface area contributed by atoms with Crippen LogP contribution in [-0.2, 0) is 20.8 Å². The summed E-state index contributed by atoms with van der Waals surface area (Å²) in [4.78, 5) is 0. The molecule has 0 amide bonds. The van der Waals surface area contributed by atoms with E-state index in [-0.39, 0.29) is 29.1 Å². The van der Waals surface area contributed by atoms with Gasteiger partial charge >= 0.3 is 52.1 Å². The summed E-state index contributed by atoms with van der Waals surface area (Å²) in [5, 5.41) is 0. The van der Waals surface area contributed by atoms with E-state index in [2.05, 4.69) is 13.8 Å². The first-order valence-corrected chi connectivity index (χ1v) is 27.0. The molecule has 4 saturated carbocycles. The maximum atomic E-state index is 7.92. The van der Waals surface area contributed by atoms with Crippen LogP contribution in [0.4, 0.5) is 0 Å². The average Bonchev–Trinajstić information content (AvgIpc) is 3.78. The Kier molecular flexibility index (Phi) is 12.6. The van der Waals surface area contributed by atoms with Gasteiger partial charge in [-0.1, -0.05) is 63.8 Å². The van der Waals surface area contributed by atoms with Gasteiger partial charge in [0.2, 0.25) is 0 Å². The minimum absolute atomic E-state index is 0. The first kappa shape index (κ1) is 37.3. The van der Waals surface area contributed by atoms with Crippen LogP contribution < -0.4 is 18.6 Å². The van der Waals surface area contributed by atoms with Gasteiger partial charge in [-0.15, -0.1) is 22.2 Å². The monoisotopic (exact) mass is 798 g/mol. The van der Waals surface area contributed by atoms with Crippen molar-refractivity contribution in [1.29, 1.82) is 0 Å². The van der Waals surface area contributed by atoms with Crippen molar-refractivity contribution in [3.05, 3.63) is 63.4 Å². The van der Waals surface area contributed by atoms with Crippen molar-refractivity contribution in [2.24, 2.45) is 35.5 Å². The molecule has 0 aromatic heterocycles. The molecule has 4 aliphatic carbocycles. The fraction of sp³-hybridized carbons (Fsp3) is 0.588. The molecule has 248 valence electrons. The zero-order chi connectivity index (χ0) is 30.6. The van der Waals surface area contributed by atoms with Crippen LogP contribution in [0.25, 0.3) is 0 Å². The molecule has 0 bridgehead atoms. The third kappa shape index (κ3) is 6.73. The zero-order valence-corrected chi connectivity index (χ0v) is 33.8. The molecule has 46 heavy (non-hydrogen) atoms. The van der Waals surface area contributed by atoms with Crippen LogP contribution in [0.5, 0.6) is 23.0 Å². The summed E-state index contributed by atoms with van der Waals surface area (Å²) < 4.78 is 25.5. The predicted molar refractivity (Wildman–Crippen MR) is 193 cm³/mol. The van der Waals surface area contributed by atoms with Crippen molar-refractivity contribution in [2.75, 3.05) is 0 Å². The van der Waals surface area contributed by atoms with Gasteiger partial charge in [-0.3, -0.25) is 0 Å². The van der Waals surface area contributed by atoms with Gasteiger partial charge < -0.3 is 33.5 Å². The molecular formula is C34H46B2Cl4O4SiZr. The molecule has 4 nitrogen and oxygen atoms in total. The third-order valence-electron chi connectivity index (χ3n) is 12.0. The van der Waals surface area contributed by atoms with Crippen molar-refractivity contribution in [3.63, 3.8) is 0 Å². The number of benzene rings is 2. The Labute approximate surface area is 307 Å².